The van der Waals surface area contributed by atoms with Crippen LogP contribution >= 0.6 is 0 Å². The first-order valence-electron chi connectivity index (χ1n) is 7.77. The Morgan fingerprint density at radius 1 is 1.37 bits per heavy atom. The number of hydrogen-bond acceptors (Lipinski definition) is 4. The summed E-state index contributed by atoms with van der Waals surface area (Å²) in [6.45, 7) is 7.35. The largest absolute Gasteiger partial charge is 0.432 e. The summed E-state index contributed by atoms with van der Waals surface area (Å²) in [6, 6.07) is 1.44. The number of anilines is 1. The molecule has 0 bridgehead atoms. The van der Waals surface area contributed by atoms with Gasteiger partial charge in [0.1, 0.15) is 6.26 Å². The number of oxazole rings is 1. The quantitative estimate of drug-likeness (QED) is 0.768. The summed E-state index contributed by atoms with van der Waals surface area (Å²) in [5, 5.41) is 3.36. The fraction of sp³-hybridized carbons (Fsp3) is 0.800. The van der Waals surface area contributed by atoms with Crippen LogP contribution in [0, 0.1) is 0 Å². The molecular formula is C15H27N3O. The second-order valence-corrected chi connectivity index (χ2v) is 5.43. The molecule has 4 heteroatoms. The van der Waals surface area contributed by atoms with E-state index < -0.39 is 0 Å². The predicted octanol–water partition coefficient (Wildman–Crippen LogP) is 3.33. The lowest BCUT2D eigenvalue weighted by molar-refractivity contribution is 0.399. The minimum absolute atomic E-state index is 0.619. The number of aromatic nitrogens is 1. The van der Waals surface area contributed by atoms with Crippen molar-refractivity contribution in [3.05, 3.63) is 12.0 Å². The van der Waals surface area contributed by atoms with Gasteiger partial charge in [-0.15, -0.1) is 0 Å². The van der Waals surface area contributed by atoms with Crippen LogP contribution in [0.3, 0.4) is 0 Å². The molecule has 2 rings (SSSR count). The number of nitrogens with zero attached hydrogens (tertiary/aromatic N) is 2. The van der Waals surface area contributed by atoms with Crippen molar-refractivity contribution >= 4 is 6.01 Å². The molecule has 1 aromatic heterocycles. The number of hydrogen-bond donors (Lipinski definition) is 1. The molecule has 1 aliphatic heterocycles. The Labute approximate surface area is 116 Å². The molecule has 0 spiro atoms. The highest BCUT2D eigenvalue weighted by atomic mass is 16.4. The fourth-order valence-corrected chi connectivity index (χ4v) is 2.79. The molecule has 1 fully saturated rings. The van der Waals surface area contributed by atoms with E-state index in [0.29, 0.717) is 6.04 Å². The van der Waals surface area contributed by atoms with Gasteiger partial charge in [-0.05, 0) is 38.6 Å². The summed E-state index contributed by atoms with van der Waals surface area (Å²) in [4.78, 5) is 7.01. The second kappa shape index (κ2) is 7.53. The molecule has 1 aromatic rings. The first kappa shape index (κ1) is 14.4. The molecule has 0 aromatic carbocycles. The van der Waals surface area contributed by atoms with Crippen LogP contribution in [-0.2, 0) is 6.54 Å². The summed E-state index contributed by atoms with van der Waals surface area (Å²) in [5.74, 6) is 0. The van der Waals surface area contributed by atoms with Crippen molar-refractivity contribution in [1.29, 1.82) is 0 Å². The molecular weight excluding hydrogens is 238 g/mol. The molecule has 1 N–H and O–H groups in total. The Morgan fingerprint density at radius 3 is 3.05 bits per heavy atom. The van der Waals surface area contributed by atoms with Crippen molar-refractivity contribution in [2.45, 2.75) is 65.0 Å². The minimum atomic E-state index is 0.619. The third-order valence-corrected chi connectivity index (χ3v) is 3.77. The van der Waals surface area contributed by atoms with Crippen molar-refractivity contribution in [3.63, 3.8) is 0 Å². The zero-order chi connectivity index (χ0) is 13.5. The van der Waals surface area contributed by atoms with E-state index in [9.17, 15) is 0 Å². The Balaban J connectivity index is 1.95. The van der Waals surface area contributed by atoms with E-state index in [-0.39, 0.29) is 0 Å². The van der Waals surface area contributed by atoms with Gasteiger partial charge in [0.05, 0.1) is 5.69 Å². The van der Waals surface area contributed by atoms with Gasteiger partial charge in [-0.3, -0.25) is 0 Å². The molecule has 0 aliphatic carbocycles. The van der Waals surface area contributed by atoms with Crippen molar-refractivity contribution < 1.29 is 4.42 Å². The van der Waals surface area contributed by atoms with E-state index in [0.717, 1.165) is 37.8 Å². The Bertz CT molecular complexity index is 362. The lowest BCUT2D eigenvalue weighted by Gasteiger charge is -2.34. The van der Waals surface area contributed by atoms with Gasteiger partial charge in [0.15, 0.2) is 0 Å². The van der Waals surface area contributed by atoms with Crippen LogP contribution in [0.2, 0.25) is 0 Å². The maximum absolute atomic E-state index is 5.69. The van der Waals surface area contributed by atoms with Gasteiger partial charge in [-0.2, -0.15) is 4.98 Å². The highest BCUT2D eigenvalue weighted by Crippen LogP contribution is 2.26. The van der Waals surface area contributed by atoms with E-state index in [1.165, 1.54) is 32.1 Å². The van der Waals surface area contributed by atoms with Gasteiger partial charge >= 0.3 is 0 Å². The minimum Gasteiger partial charge on any atom is -0.432 e. The summed E-state index contributed by atoms with van der Waals surface area (Å²) in [7, 11) is 0. The Morgan fingerprint density at radius 2 is 2.26 bits per heavy atom. The monoisotopic (exact) mass is 265 g/mol. The molecule has 108 valence electrons. The van der Waals surface area contributed by atoms with Crippen LogP contribution in [0.15, 0.2) is 10.7 Å². The predicted molar refractivity (Wildman–Crippen MR) is 78.4 cm³/mol. The maximum atomic E-state index is 5.69. The van der Waals surface area contributed by atoms with Crippen molar-refractivity contribution in [2.24, 2.45) is 0 Å². The molecule has 1 atom stereocenters. The SMILES string of the molecule is CCCNCc1coc(N2CCCCC2CCC)n1. The Hall–Kier alpha value is -1.03. The third kappa shape index (κ3) is 3.96. The van der Waals surface area contributed by atoms with E-state index >= 15 is 0 Å². The van der Waals surface area contributed by atoms with Crippen molar-refractivity contribution in [3.8, 4) is 0 Å². The van der Waals surface area contributed by atoms with Crippen molar-refractivity contribution in [1.82, 2.24) is 10.3 Å². The third-order valence-electron chi connectivity index (χ3n) is 3.77. The number of nitrogens with one attached hydrogen (secondary N) is 1. The van der Waals surface area contributed by atoms with E-state index in [1.54, 1.807) is 6.26 Å². The first-order valence-corrected chi connectivity index (χ1v) is 7.77. The smallest absolute Gasteiger partial charge is 0.297 e. The Kier molecular flexibility index (Phi) is 5.70. The topological polar surface area (TPSA) is 41.3 Å². The molecule has 0 saturated carbocycles. The van der Waals surface area contributed by atoms with Crippen molar-refractivity contribution in [2.75, 3.05) is 18.0 Å². The van der Waals surface area contributed by atoms with Crippen LogP contribution < -0.4 is 10.2 Å². The molecule has 1 unspecified atom stereocenters. The molecule has 1 aliphatic rings. The fourth-order valence-electron chi connectivity index (χ4n) is 2.79. The normalized spacial score (nSPS) is 19.9. The second-order valence-electron chi connectivity index (χ2n) is 5.43. The zero-order valence-electron chi connectivity index (χ0n) is 12.3. The molecule has 2 heterocycles. The van der Waals surface area contributed by atoms with Gasteiger partial charge < -0.3 is 14.6 Å². The zero-order valence-corrected chi connectivity index (χ0v) is 12.3. The summed E-state index contributed by atoms with van der Waals surface area (Å²) in [5.41, 5.74) is 1.02. The molecule has 1 saturated heterocycles. The van der Waals surface area contributed by atoms with Crippen LogP contribution in [-0.4, -0.2) is 24.1 Å². The van der Waals surface area contributed by atoms with Gasteiger partial charge in [0, 0.05) is 19.1 Å². The van der Waals surface area contributed by atoms with E-state index in [1.807, 2.05) is 0 Å². The number of rotatable bonds is 7. The van der Waals surface area contributed by atoms with Gasteiger partial charge in [-0.25, -0.2) is 0 Å². The van der Waals surface area contributed by atoms with Crippen LogP contribution in [0.5, 0.6) is 0 Å². The highest BCUT2D eigenvalue weighted by molar-refractivity contribution is 5.30. The summed E-state index contributed by atoms with van der Waals surface area (Å²) < 4.78 is 5.69. The van der Waals surface area contributed by atoms with Gasteiger partial charge in [-0.1, -0.05) is 20.3 Å². The summed E-state index contributed by atoms with van der Waals surface area (Å²) >= 11 is 0. The standard InChI is InChI=1S/C15H27N3O/c1-3-7-14-8-5-6-10-18(14)15-17-13(12-19-15)11-16-9-4-2/h12,14,16H,3-11H2,1-2H3. The molecule has 19 heavy (non-hydrogen) atoms. The van der Waals surface area contributed by atoms with Crippen LogP contribution in [0.25, 0.3) is 0 Å². The molecule has 4 nitrogen and oxygen atoms in total. The lowest BCUT2D eigenvalue weighted by atomic mass is 9.99. The highest BCUT2D eigenvalue weighted by Gasteiger charge is 2.25. The number of piperidine rings is 1. The van der Waals surface area contributed by atoms with Gasteiger partial charge in [0.2, 0.25) is 0 Å². The van der Waals surface area contributed by atoms with Gasteiger partial charge in [0.25, 0.3) is 6.01 Å². The van der Waals surface area contributed by atoms with Crippen LogP contribution in [0.1, 0.15) is 58.1 Å². The van der Waals surface area contributed by atoms with E-state index in [4.69, 9.17) is 4.42 Å². The molecule has 0 amide bonds. The molecule has 0 radical (unpaired) electrons. The first-order chi connectivity index (χ1) is 9.35. The maximum Gasteiger partial charge on any atom is 0.297 e. The average molecular weight is 265 g/mol. The average Bonchev–Trinajstić information content (AvgIpc) is 2.89. The van der Waals surface area contributed by atoms with Crippen LogP contribution in [0.4, 0.5) is 6.01 Å². The lowest BCUT2D eigenvalue weighted by Crippen LogP contribution is -2.39. The van der Waals surface area contributed by atoms with E-state index in [2.05, 4.69) is 29.0 Å². The summed E-state index contributed by atoms with van der Waals surface area (Å²) in [6.07, 6.45) is 9.29.